The highest BCUT2D eigenvalue weighted by atomic mass is 35.5. The molecule has 0 heterocycles. The Bertz CT molecular complexity index is 386. The molecule has 0 saturated carbocycles. The third-order valence-corrected chi connectivity index (χ3v) is 3.74. The summed E-state index contributed by atoms with van der Waals surface area (Å²) in [6, 6.07) is 3.81. The summed E-state index contributed by atoms with van der Waals surface area (Å²) >= 11 is 12.4. The largest absolute Gasteiger partial charge is 0.491 e. The van der Waals surface area contributed by atoms with Crippen LogP contribution in [-0.2, 0) is 6.54 Å². The monoisotopic (exact) mass is 318 g/mol. The molecule has 5 heteroatoms. The highest BCUT2D eigenvalue weighted by Gasteiger charge is 2.09. The predicted molar refractivity (Wildman–Crippen MR) is 87.1 cm³/mol. The molecule has 0 amide bonds. The first-order valence-corrected chi connectivity index (χ1v) is 7.91. The fraction of sp³-hybridized carbons (Fsp3) is 0.600. The van der Waals surface area contributed by atoms with Crippen LogP contribution in [0.25, 0.3) is 0 Å². The summed E-state index contributed by atoms with van der Waals surface area (Å²) in [5.41, 5.74) is 1.07. The molecule has 114 valence electrons. The fourth-order valence-corrected chi connectivity index (χ4v) is 2.65. The predicted octanol–water partition coefficient (Wildman–Crippen LogP) is 3.82. The quantitative estimate of drug-likeness (QED) is 0.700. The Kier molecular flexibility index (Phi) is 8.31. The molecule has 20 heavy (non-hydrogen) atoms. The molecule has 0 saturated heterocycles. The van der Waals surface area contributed by atoms with Crippen molar-refractivity contribution >= 4 is 23.2 Å². The number of hydrogen-bond acceptors (Lipinski definition) is 3. The van der Waals surface area contributed by atoms with Gasteiger partial charge in [0.05, 0.1) is 16.7 Å². The van der Waals surface area contributed by atoms with Gasteiger partial charge in [0.1, 0.15) is 0 Å². The zero-order chi connectivity index (χ0) is 15.0. The zero-order valence-corrected chi connectivity index (χ0v) is 14.0. The van der Waals surface area contributed by atoms with Gasteiger partial charge in [0.15, 0.2) is 5.75 Å². The highest BCUT2D eigenvalue weighted by Crippen LogP contribution is 2.34. The summed E-state index contributed by atoms with van der Waals surface area (Å²) in [4.78, 5) is 2.38. The molecule has 0 fully saturated rings. The molecule has 0 aliphatic carbocycles. The van der Waals surface area contributed by atoms with Gasteiger partial charge in [-0.25, -0.2) is 0 Å². The van der Waals surface area contributed by atoms with Gasteiger partial charge in [-0.05, 0) is 37.7 Å². The van der Waals surface area contributed by atoms with Crippen LogP contribution in [0.3, 0.4) is 0 Å². The zero-order valence-electron chi connectivity index (χ0n) is 12.5. The molecular weight excluding hydrogens is 295 g/mol. The summed E-state index contributed by atoms with van der Waals surface area (Å²) in [5.74, 6) is 0.572. The van der Waals surface area contributed by atoms with E-state index in [2.05, 4.69) is 24.1 Å². The van der Waals surface area contributed by atoms with E-state index in [1.807, 2.05) is 19.1 Å². The van der Waals surface area contributed by atoms with Crippen LogP contribution in [-0.4, -0.2) is 37.7 Å². The molecule has 0 radical (unpaired) electrons. The molecule has 0 aliphatic rings. The van der Waals surface area contributed by atoms with Gasteiger partial charge in [-0.1, -0.05) is 37.0 Å². The molecular formula is C15H24Cl2N2O. The van der Waals surface area contributed by atoms with E-state index in [9.17, 15) is 0 Å². The van der Waals surface area contributed by atoms with Crippen molar-refractivity contribution in [2.75, 3.05) is 32.8 Å². The summed E-state index contributed by atoms with van der Waals surface area (Å²) in [6.45, 7) is 11.7. The lowest BCUT2D eigenvalue weighted by Gasteiger charge is -2.18. The van der Waals surface area contributed by atoms with Gasteiger partial charge in [-0.2, -0.15) is 0 Å². The van der Waals surface area contributed by atoms with Gasteiger partial charge >= 0.3 is 0 Å². The second-order valence-corrected chi connectivity index (χ2v) is 5.34. The first-order chi connectivity index (χ1) is 9.62. The van der Waals surface area contributed by atoms with Crippen molar-refractivity contribution in [3.63, 3.8) is 0 Å². The van der Waals surface area contributed by atoms with E-state index in [-0.39, 0.29) is 0 Å². The van der Waals surface area contributed by atoms with Crippen LogP contribution in [0.5, 0.6) is 5.75 Å². The standard InChI is InChI=1S/C15H24Cl2N2O/c1-4-19(5-2)8-7-18-11-12-9-13(16)15(20-6-3)14(17)10-12/h9-10,18H,4-8,11H2,1-3H3. The minimum Gasteiger partial charge on any atom is -0.491 e. The van der Waals surface area contributed by atoms with Crippen molar-refractivity contribution in [3.05, 3.63) is 27.7 Å². The highest BCUT2D eigenvalue weighted by molar-refractivity contribution is 6.37. The van der Waals surface area contributed by atoms with Crippen molar-refractivity contribution in [1.29, 1.82) is 0 Å². The summed E-state index contributed by atoms with van der Waals surface area (Å²) < 4.78 is 5.42. The molecule has 1 aromatic carbocycles. The van der Waals surface area contributed by atoms with Crippen LogP contribution >= 0.6 is 23.2 Å². The Hall–Kier alpha value is -0.480. The van der Waals surface area contributed by atoms with Crippen LogP contribution in [0.2, 0.25) is 10.0 Å². The van der Waals surface area contributed by atoms with Crippen LogP contribution in [0, 0.1) is 0 Å². The minimum absolute atomic E-state index is 0.556. The van der Waals surface area contributed by atoms with Crippen molar-refractivity contribution in [3.8, 4) is 5.75 Å². The lowest BCUT2D eigenvalue weighted by molar-refractivity contribution is 0.302. The topological polar surface area (TPSA) is 24.5 Å². The molecule has 1 N–H and O–H groups in total. The third kappa shape index (κ3) is 5.49. The number of halogens is 2. The summed E-state index contributed by atoms with van der Waals surface area (Å²) in [6.07, 6.45) is 0. The van der Waals surface area contributed by atoms with Crippen molar-refractivity contribution < 1.29 is 4.74 Å². The summed E-state index contributed by atoms with van der Waals surface area (Å²) in [7, 11) is 0. The molecule has 0 aromatic heterocycles. The van der Waals surface area contributed by atoms with Crippen molar-refractivity contribution in [1.82, 2.24) is 10.2 Å². The second-order valence-electron chi connectivity index (χ2n) is 4.53. The van der Waals surface area contributed by atoms with E-state index < -0.39 is 0 Å². The SMILES string of the molecule is CCOc1c(Cl)cc(CNCCN(CC)CC)cc1Cl. The number of nitrogens with zero attached hydrogens (tertiary/aromatic N) is 1. The Balaban J connectivity index is 2.49. The first kappa shape index (κ1) is 17.6. The van der Waals surface area contributed by atoms with Gasteiger partial charge in [-0.15, -0.1) is 0 Å². The smallest absolute Gasteiger partial charge is 0.156 e. The van der Waals surface area contributed by atoms with Gasteiger partial charge in [0, 0.05) is 19.6 Å². The van der Waals surface area contributed by atoms with E-state index in [1.165, 1.54) is 0 Å². The maximum absolute atomic E-state index is 6.18. The number of benzene rings is 1. The molecule has 0 bridgehead atoms. The van der Waals surface area contributed by atoms with Crippen LogP contribution in [0.15, 0.2) is 12.1 Å². The normalized spacial score (nSPS) is 11.1. The van der Waals surface area contributed by atoms with E-state index in [1.54, 1.807) is 0 Å². The number of rotatable bonds is 9. The average Bonchev–Trinajstić information content (AvgIpc) is 2.43. The van der Waals surface area contributed by atoms with Crippen LogP contribution in [0.4, 0.5) is 0 Å². The van der Waals surface area contributed by atoms with E-state index in [0.717, 1.165) is 38.3 Å². The van der Waals surface area contributed by atoms with Gasteiger partial charge in [0.25, 0.3) is 0 Å². The van der Waals surface area contributed by atoms with Crippen molar-refractivity contribution in [2.45, 2.75) is 27.3 Å². The van der Waals surface area contributed by atoms with Gasteiger partial charge in [0.2, 0.25) is 0 Å². The first-order valence-electron chi connectivity index (χ1n) is 7.16. The molecule has 0 atom stereocenters. The second kappa shape index (κ2) is 9.46. The van der Waals surface area contributed by atoms with Crippen LogP contribution in [0.1, 0.15) is 26.3 Å². The summed E-state index contributed by atoms with van der Waals surface area (Å²) in [5, 5.41) is 4.55. The lowest BCUT2D eigenvalue weighted by atomic mass is 10.2. The lowest BCUT2D eigenvalue weighted by Crippen LogP contribution is -2.31. The Morgan fingerprint density at radius 3 is 2.20 bits per heavy atom. The maximum atomic E-state index is 6.18. The van der Waals surface area contributed by atoms with E-state index >= 15 is 0 Å². The molecule has 0 unspecified atom stereocenters. The molecule has 1 rings (SSSR count). The van der Waals surface area contributed by atoms with Crippen molar-refractivity contribution in [2.24, 2.45) is 0 Å². The van der Waals surface area contributed by atoms with E-state index in [0.29, 0.717) is 22.4 Å². The van der Waals surface area contributed by atoms with Crippen LogP contribution < -0.4 is 10.1 Å². The Morgan fingerprint density at radius 2 is 1.70 bits per heavy atom. The number of nitrogens with one attached hydrogen (secondary N) is 1. The number of ether oxygens (including phenoxy) is 1. The average molecular weight is 319 g/mol. The Morgan fingerprint density at radius 1 is 1.10 bits per heavy atom. The molecule has 1 aromatic rings. The minimum atomic E-state index is 0.556. The fourth-order valence-electron chi connectivity index (χ4n) is 2.01. The van der Waals surface area contributed by atoms with Gasteiger partial charge < -0.3 is 15.0 Å². The maximum Gasteiger partial charge on any atom is 0.156 e. The number of likely N-dealkylation sites (N-methyl/N-ethyl adjacent to an activating group) is 1. The number of hydrogen-bond donors (Lipinski definition) is 1. The molecule has 3 nitrogen and oxygen atoms in total. The Labute approximate surface area is 132 Å². The van der Waals surface area contributed by atoms with Gasteiger partial charge in [-0.3, -0.25) is 0 Å². The molecule has 0 aliphatic heterocycles. The van der Waals surface area contributed by atoms with E-state index in [4.69, 9.17) is 27.9 Å². The third-order valence-electron chi connectivity index (χ3n) is 3.18. The molecule has 0 spiro atoms.